The van der Waals surface area contributed by atoms with E-state index >= 15 is 0 Å². The Hall–Kier alpha value is -3.81. The number of aryl methyl sites for hydroxylation is 1. The van der Waals surface area contributed by atoms with Crippen molar-refractivity contribution in [3.8, 4) is 0 Å². The minimum Gasteiger partial charge on any atom is -0.322 e. The number of hydrogen-bond donors (Lipinski definition) is 1. The lowest BCUT2D eigenvalue weighted by Gasteiger charge is -2.32. The van der Waals surface area contributed by atoms with Gasteiger partial charge in [-0.15, -0.1) is 0 Å². The molecule has 0 spiro atoms. The number of piperazine rings is 1. The predicted octanol–water partition coefficient (Wildman–Crippen LogP) is 4.10. The molecule has 0 bridgehead atoms. The van der Waals surface area contributed by atoms with E-state index < -0.39 is 5.91 Å². The molecule has 0 radical (unpaired) electrons. The minimum atomic E-state index is -0.411. The van der Waals surface area contributed by atoms with E-state index in [1.165, 1.54) is 16.5 Å². The summed E-state index contributed by atoms with van der Waals surface area (Å²) in [5.41, 5.74) is 5.22. The van der Waals surface area contributed by atoms with Gasteiger partial charge in [-0.25, -0.2) is 4.90 Å². The lowest BCUT2D eigenvalue weighted by Crippen LogP contribution is -2.43. The summed E-state index contributed by atoms with van der Waals surface area (Å²) < 4.78 is 0. The van der Waals surface area contributed by atoms with Crippen LogP contribution in [0.15, 0.2) is 60.7 Å². The average Bonchev–Trinajstić information content (AvgIpc) is 3.12. The van der Waals surface area contributed by atoms with Crippen LogP contribution in [-0.2, 0) is 6.54 Å². The van der Waals surface area contributed by atoms with Crippen molar-refractivity contribution in [1.29, 1.82) is 0 Å². The molecule has 2 aliphatic rings. The van der Waals surface area contributed by atoms with Crippen molar-refractivity contribution in [3.63, 3.8) is 0 Å². The second-order valence-corrected chi connectivity index (χ2v) is 9.66. The van der Waals surface area contributed by atoms with Crippen LogP contribution in [0.1, 0.15) is 47.8 Å². The number of imide groups is 1. The van der Waals surface area contributed by atoms with Gasteiger partial charge in [-0.2, -0.15) is 0 Å². The first-order valence-corrected chi connectivity index (χ1v) is 12.2. The van der Waals surface area contributed by atoms with Crippen molar-refractivity contribution in [3.05, 3.63) is 94.0 Å². The molecule has 0 saturated carbocycles. The van der Waals surface area contributed by atoms with Crippen LogP contribution in [0.2, 0.25) is 0 Å². The van der Waals surface area contributed by atoms with Gasteiger partial charge in [0.25, 0.3) is 17.7 Å². The van der Waals surface area contributed by atoms with Crippen molar-refractivity contribution in [2.75, 3.05) is 43.4 Å². The van der Waals surface area contributed by atoms with E-state index in [1.807, 2.05) is 50.2 Å². The Balaban J connectivity index is 1.28. The molecule has 184 valence electrons. The molecular weight excluding hydrogens is 452 g/mol. The number of fused-ring (bicyclic) bond motifs is 1. The maximum Gasteiger partial charge on any atom is 0.266 e. The summed E-state index contributed by atoms with van der Waals surface area (Å²) in [6.07, 6.45) is 0. The molecule has 1 N–H and O–H groups in total. The third kappa shape index (κ3) is 4.55. The van der Waals surface area contributed by atoms with Crippen LogP contribution in [-0.4, -0.2) is 60.7 Å². The fourth-order valence-corrected chi connectivity index (χ4v) is 4.74. The Morgan fingerprint density at radius 2 is 1.56 bits per heavy atom. The van der Waals surface area contributed by atoms with Gasteiger partial charge in [0.05, 0.1) is 16.8 Å². The second-order valence-electron chi connectivity index (χ2n) is 9.66. The van der Waals surface area contributed by atoms with Crippen molar-refractivity contribution < 1.29 is 14.4 Å². The summed E-state index contributed by atoms with van der Waals surface area (Å²) in [7, 11) is 2.14. The number of likely N-dealkylation sites (N-methyl/N-ethyl adjacent to an activating group) is 1. The smallest absolute Gasteiger partial charge is 0.266 e. The molecule has 7 nitrogen and oxygen atoms in total. The molecule has 0 aliphatic carbocycles. The molecule has 0 unspecified atom stereocenters. The molecule has 3 aromatic carbocycles. The molecule has 36 heavy (non-hydrogen) atoms. The summed E-state index contributed by atoms with van der Waals surface area (Å²) in [6.45, 7) is 8.98. The molecule has 2 aliphatic heterocycles. The third-order valence-corrected chi connectivity index (χ3v) is 7.18. The average molecular weight is 483 g/mol. The number of carbonyl (C=O) groups is 3. The van der Waals surface area contributed by atoms with Crippen LogP contribution in [0.25, 0.3) is 0 Å². The lowest BCUT2D eigenvalue weighted by atomic mass is 10.1. The first-order valence-electron chi connectivity index (χ1n) is 12.2. The highest BCUT2D eigenvalue weighted by Gasteiger charge is 2.38. The van der Waals surface area contributed by atoms with E-state index in [4.69, 9.17) is 0 Å². The van der Waals surface area contributed by atoms with Crippen LogP contribution in [0.4, 0.5) is 11.4 Å². The number of nitrogens with zero attached hydrogens (tertiary/aromatic N) is 3. The number of hydrogen-bond acceptors (Lipinski definition) is 5. The first kappa shape index (κ1) is 23.9. The number of anilines is 2. The normalized spacial score (nSPS) is 16.4. The highest BCUT2D eigenvalue weighted by molar-refractivity contribution is 6.35. The van der Waals surface area contributed by atoms with Crippen LogP contribution < -0.4 is 10.2 Å². The SMILES string of the molecule is Cc1cccc(N2C(=O)c3ccc(C(=O)Nc4ccc(CN5CCN(C)CC5)cc4)cc3C2=O)c1C. The molecule has 2 heterocycles. The molecule has 3 aromatic rings. The van der Waals surface area contributed by atoms with Gasteiger partial charge < -0.3 is 10.2 Å². The first-order chi connectivity index (χ1) is 17.3. The summed E-state index contributed by atoms with van der Waals surface area (Å²) >= 11 is 0. The van der Waals surface area contributed by atoms with E-state index in [1.54, 1.807) is 18.2 Å². The van der Waals surface area contributed by atoms with E-state index in [0.29, 0.717) is 22.5 Å². The number of amides is 3. The summed E-state index contributed by atoms with van der Waals surface area (Å²) in [5.74, 6) is -1.10. The van der Waals surface area contributed by atoms with Crippen molar-refractivity contribution in [1.82, 2.24) is 9.80 Å². The van der Waals surface area contributed by atoms with Crippen LogP contribution in [0.5, 0.6) is 0 Å². The van der Waals surface area contributed by atoms with Crippen molar-refractivity contribution in [2.24, 2.45) is 0 Å². The maximum atomic E-state index is 13.2. The monoisotopic (exact) mass is 482 g/mol. The topological polar surface area (TPSA) is 73.0 Å². The Kier molecular flexibility index (Phi) is 6.43. The molecule has 3 amide bonds. The highest BCUT2D eigenvalue weighted by Crippen LogP contribution is 2.32. The minimum absolute atomic E-state index is 0.246. The maximum absolute atomic E-state index is 13.2. The summed E-state index contributed by atoms with van der Waals surface area (Å²) in [4.78, 5) is 45.1. The van der Waals surface area contributed by atoms with E-state index in [-0.39, 0.29) is 17.4 Å². The highest BCUT2D eigenvalue weighted by atomic mass is 16.2. The number of carbonyl (C=O) groups excluding carboxylic acids is 3. The van der Waals surface area contributed by atoms with Crippen LogP contribution in [0, 0.1) is 13.8 Å². The molecular formula is C29H30N4O3. The van der Waals surface area contributed by atoms with Gasteiger partial charge in [0.15, 0.2) is 0 Å². The number of nitrogens with one attached hydrogen (secondary N) is 1. The lowest BCUT2D eigenvalue weighted by molar-refractivity contribution is 0.0925. The summed E-state index contributed by atoms with van der Waals surface area (Å²) in [6, 6.07) is 18.1. The zero-order chi connectivity index (χ0) is 25.4. The van der Waals surface area contributed by atoms with Gasteiger partial charge in [-0.05, 0) is 74.0 Å². The number of benzene rings is 3. The quantitative estimate of drug-likeness (QED) is 0.555. The van der Waals surface area contributed by atoms with Gasteiger partial charge in [-0.3, -0.25) is 19.3 Å². The Morgan fingerprint density at radius 1 is 0.861 bits per heavy atom. The second kappa shape index (κ2) is 9.68. The third-order valence-electron chi connectivity index (χ3n) is 7.18. The molecule has 1 saturated heterocycles. The van der Waals surface area contributed by atoms with Gasteiger partial charge in [0.2, 0.25) is 0 Å². The fraction of sp³-hybridized carbons (Fsp3) is 0.276. The van der Waals surface area contributed by atoms with Crippen LogP contribution in [0.3, 0.4) is 0 Å². The molecule has 0 atom stereocenters. The Bertz CT molecular complexity index is 1340. The zero-order valence-corrected chi connectivity index (χ0v) is 20.9. The van der Waals surface area contributed by atoms with E-state index in [9.17, 15) is 14.4 Å². The molecule has 5 rings (SSSR count). The largest absolute Gasteiger partial charge is 0.322 e. The standard InChI is InChI=1S/C29H30N4O3/c1-19-5-4-6-26(20(19)2)33-28(35)24-12-9-22(17-25(24)29(33)36)27(34)30-23-10-7-21(8-11-23)18-32-15-13-31(3)14-16-32/h4-12,17H,13-16,18H2,1-3H3,(H,30,34). The summed E-state index contributed by atoms with van der Waals surface area (Å²) in [5, 5.41) is 2.90. The fourth-order valence-electron chi connectivity index (χ4n) is 4.74. The van der Waals surface area contributed by atoms with Gasteiger partial charge >= 0.3 is 0 Å². The van der Waals surface area contributed by atoms with E-state index in [0.717, 1.165) is 43.9 Å². The molecule has 7 heteroatoms. The van der Waals surface area contributed by atoms with E-state index in [2.05, 4.69) is 22.2 Å². The van der Waals surface area contributed by atoms with Gasteiger partial charge in [0.1, 0.15) is 0 Å². The van der Waals surface area contributed by atoms with Crippen LogP contribution >= 0.6 is 0 Å². The predicted molar refractivity (Wildman–Crippen MR) is 141 cm³/mol. The number of rotatable bonds is 5. The van der Waals surface area contributed by atoms with Crippen molar-refractivity contribution >= 4 is 29.1 Å². The Labute approximate surface area is 211 Å². The van der Waals surface area contributed by atoms with Gasteiger partial charge in [0, 0.05) is 44.0 Å². The zero-order valence-electron chi connectivity index (χ0n) is 20.9. The van der Waals surface area contributed by atoms with Crippen molar-refractivity contribution in [2.45, 2.75) is 20.4 Å². The Morgan fingerprint density at radius 3 is 2.28 bits per heavy atom. The molecule has 0 aromatic heterocycles. The van der Waals surface area contributed by atoms with Gasteiger partial charge in [-0.1, -0.05) is 24.3 Å². The molecule has 1 fully saturated rings.